The van der Waals surface area contributed by atoms with Crippen LogP contribution < -0.4 is 5.32 Å². The predicted molar refractivity (Wildman–Crippen MR) is 119 cm³/mol. The molecule has 2 aliphatic rings. The van der Waals surface area contributed by atoms with Crippen LogP contribution in [-0.4, -0.2) is 59.2 Å². The average molecular weight is 442 g/mol. The van der Waals surface area contributed by atoms with Gasteiger partial charge < -0.3 is 24.7 Å². The standard InChI is InChI=1S/C24H31N3O5/c1-23(2,3)32-22(30)26-18-10-7-11-27-19(18)13-24(20(27)28,21(29)31-4)12-15-14-25-17-9-6-5-8-16(15)17/h5-6,8-9,14,18-19,25H,7,10-13H2,1-4H3,(H,26,30)/t18-,19+,24+/m0/s1. The van der Waals surface area contributed by atoms with Gasteiger partial charge >= 0.3 is 12.1 Å². The van der Waals surface area contributed by atoms with E-state index in [2.05, 4.69) is 10.3 Å². The molecule has 0 aliphatic carbocycles. The van der Waals surface area contributed by atoms with E-state index in [0.29, 0.717) is 13.0 Å². The summed E-state index contributed by atoms with van der Waals surface area (Å²) in [6.07, 6.45) is 3.35. The highest BCUT2D eigenvalue weighted by Crippen LogP contribution is 2.44. The molecule has 32 heavy (non-hydrogen) atoms. The molecule has 2 saturated heterocycles. The number of nitrogens with zero attached hydrogens (tertiary/aromatic N) is 1. The van der Waals surface area contributed by atoms with E-state index in [0.717, 1.165) is 29.3 Å². The molecule has 1 aromatic heterocycles. The Hall–Kier alpha value is -3.03. The minimum atomic E-state index is -1.32. The van der Waals surface area contributed by atoms with E-state index in [1.54, 1.807) is 4.90 Å². The Morgan fingerprint density at radius 3 is 2.75 bits per heavy atom. The number of rotatable bonds is 4. The largest absolute Gasteiger partial charge is 0.468 e. The Labute approximate surface area is 187 Å². The van der Waals surface area contributed by atoms with Crippen LogP contribution in [0.3, 0.4) is 0 Å². The van der Waals surface area contributed by atoms with Gasteiger partial charge in [-0.3, -0.25) is 9.59 Å². The summed E-state index contributed by atoms with van der Waals surface area (Å²) in [5, 5.41) is 3.92. The van der Waals surface area contributed by atoms with Crippen molar-refractivity contribution in [2.75, 3.05) is 13.7 Å². The normalized spacial score (nSPS) is 25.5. The Morgan fingerprint density at radius 1 is 1.28 bits per heavy atom. The molecule has 172 valence electrons. The molecule has 2 amide bonds. The number of carbonyl (C=O) groups is 3. The number of alkyl carbamates (subject to hydrolysis) is 1. The highest BCUT2D eigenvalue weighted by atomic mass is 16.6. The first kappa shape index (κ1) is 22.2. The molecule has 0 saturated carbocycles. The molecule has 8 heteroatoms. The summed E-state index contributed by atoms with van der Waals surface area (Å²) in [7, 11) is 1.32. The van der Waals surface area contributed by atoms with E-state index in [1.165, 1.54) is 7.11 Å². The molecule has 3 heterocycles. The number of benzene rings is 1. The van der Waals surface area contributed by atoms with Crippen molar-refractivity contribution < 1.29 is 23.9 Å². The zero-order chi connectivity index (χ0) is 23.1. The van der Waals surface area contributed by atoms with Gasteiger partial charge in [-0.25, -0.2) is 4.79 Å². The van der Waals surface area contributed by atoms with Crippen LogP contribution >= 0.6 is 0 Å². The maximum absolute atomic E-state index is 13.7. The van der Waals surface area contributed by atoms with Gasteiger partial charge in [-0.05, 0) is 58.1 Å². The maximum Gasteiger partial charge on any atom is 0.407 e. The van der Waals surface area contributed by atoms with Crippen LogP contribution in [0.5, 0.6) is 0 Å². The number of fused-ring (bicyclic) bond motifs is 2. The molecule has 2 N–H and O–H groups in total. The first-order chi connectivity index (χ1) is 15.1. The second kappa shape index (κ2) is 8.15. The summed E-state index contributed by atoms with van der Waals surface area (Å²) in [6, 6.07) is 7.25. The van der Waals surface area contributed by atoms with Gasteiger partial charge in [-0.2, -0.15) is 0 Å². The molecule has 2 aromatic rings. The quantitative estimate of drug-likeness (QED) is 0.561. The molecular formula is C24H31N3O5. The van der Waals surface area contributed by atoms with Crippen molar-refractivity contribution in [3.8, 4) is 0 Å². The van der Waals surface area contributed by atoms with Crippen LogP contribution in [0.4, 0.5) is 4.79 Å². The zero-order valence-corrected chi connectivity index (χ0v) is 19.1. The maximum atomic E-state index is 13.7. The average Bonchev–Trinajstić information content (AvgIpc) is 3.27. The van der Waals surface area contributed by atoms with Crippen LogP contribution in [0.2, 0.25) is 0 Å². The summed E-state index contributed by atoms with van der Waals surface area (Å²) >= 11 is 0. The molecular weight excluding hydrogens is 410 g/mol. The smallest absolute Gasteiger partial charge is 0.407 e. The van der Waals surface area contributed by atoms with E-state index in [1.807, 2.05) is 51.2 Å². The molecule has 4 rings (SSSR count). The van der Waals surface area contributed by atoms with Gasteiger partial charge in [0.15, 0.2) is 5.41 Å². The first-order valence-electron chi connectivity index (χ1n) is 11.1. The molecule has 0 unspecified atom stereocenters. The molecule has 2 fully saturated rings. The van der Waals surface area contributed by atoms with E-state index < -0.39 is 23.1 Å². The third kappa shape index (κ3) is 3.94. The van der Waals surface area contributed by atoms with Gasteiger partial charge in [-0.15, -0.1) is 0 Å². The van der Waals surface area contributed by atoms with Crippen LogP contribution in [0.1, 0.15) is 45.6 Å². The Bertz CT molecular complexity index is 1040. The van der Waals surface area contributed by atoms with Crippen LogP contribution in [0.15, 0.2) is 30.5 Å². The van der Waals surface area contributed by atoms with Crippen LogP contribution in [0, 0.1) is 5.41 Å². The number of aromatic amines is 1. The molecule has 3 atom stereocenters. The van der Waals surface area contributed by atoms with Crippen molar-refractivity contribution in [1.82, 2.24) is 15.2 Å². The Kier molecular flexibility index (Phi) is 5.65. The summed E-state index contributed by atoms with van der Waals surface area (Å²) in [4.78, 5) is 44.1. The van der Waals surface area contributed by atoms with Crippen molar-refractivity contribution in [2.24, 2.45) is 5.41 Å². The Morgan fingerprint density at radius 2 is 2.03 bits per heavy atom. The van der Waals surface area contributed by atoms with Gasteiger partial charge in [0.1, 0.15) is 5.60 Å². The summed E-state index contributed by atoms with van der Waals surface area (Å²) in [5.41, 5.74) is -0.0801. The predicted octanol–water partition coefficient (Wildman–Crippen LogP) is 3.16. The van der Waals surface area contributed by atoms with Crippen LogP contribution in [-0.2, 0) is 25.5 Å². The second-order valence-corrected chi connectivity index (χ2v) is 9.77. The van der Waals surface area contributed by atoms with Crippen molar-refractivity contribution >= 4 is 28.9 Å². The number of H-pyrrole nitrogens is 1. The number of ether oxygens (including phenoxy) is 2. The van der Waals surface area contributed by atoms with Crippen molar-refractivity contribution in [3.63, 3.8) is 0 Å². The molecule has 0 bridgehead atoms. The lowest BCUT2D eigenvalue weighted by Crippen LogP contribution is -2.54. The highest BCUT2D eigenvalue weighted by molar-refractivity contribution is 6.05. The fraction of sp³-hybridized carbons (Fsp3) is 0.542. The highest BCUT2D eigenvalue weighted by Gasteiger charge is 2.60. The zero-order valence-electron chi connectivity index (χ0n) is 19.1. The van der Waals surface area contributed by atoms with E-state index in [-0.39, 0.29) is 24.4 Å². The molecule has 0 radical (unpaired) electrons. The number of aromatic nitrogens is 1. The van der Waals surface area contributed by atoms with Gasteiger partial charge in [0.05, 0.1) is 19.2 Å². The molecule has 0 spiro atoms. The molecule has 1 aromatic carbocycles. The van der Waals surface area contributed by atoms with E-state index in [9.17, 15) is 14.4 Å². The number of para-hydroxylation sites is 1. The van der Waals surface area contributed by atoms with Crippen LogP contribution in [0.25, 0.3) is 10.9 Å². The number of carbonyl (C=O) groups excluding carboxylic acids is 3. The lowest BCUT2D eigenvalue weighted by atomic mass is 9.77. The SMILES string of the molecule is COC(=O)[C@]1(Cc2c[nH]c3ccccc23)C[C@@H]2[C@@H](NC(=O)OC(C)(C)C)CCCN2C1=O. The van der Waals surface area contributed by atoms with Crippen molar-refractivity contribution in [3.05, 3.63) is 36.0 Å². The number of hydrogen-bond acceptors (Lipinski definition) is 5. The fourth-order valence-electron chi connectivity index (χ4n) is 5.10. The monoisotopic (exact) mass is 441 g/mol. The Balaban J connectivity index is 1.63. The lowest BCUT2D eigenvalue weighted by molar-refractivity contribution is -0.159. The minimum Gasteiger partial charge on any atom is -0.468 e. The van der Waals surface area contributed by atoms with Gasteiger partial charge in [0.2, 0.25) is 5.91 Å². The van der Waals surface area contributed by atoms with Gasteiger partial charge in [-0.1, -0.05) is 18.2 Å². The third-order valence-corrected chi connectivity index (χ3v) is 6.45. The van der Waals surface area contributed by atoms with Gasteiger partial charge in [0, 0.05) is 23.6 Å². The minimum absolute atomic E-state index is 0.227. The first-order valence-corrected chi connectivity index (χ1v) is 11.1. The topological polar surface area (TPSA) is 101 Å². The summed E-state index contributed by atoms with van der Waals surface area (Å²) in [6.45, 7) is 5.98. The number of methoxy groups -OCH3 is 1. The van der Waals surface area contributed by atoms with Crippen molar-refractivity contribution in [1.29, 1.82) is 0 Å². The molecule has 2 aliphatic heterocycles. The van der Waals surface area contributed by atoms with Crippen molar-refractivity contribution in [2.45, 2.75) is 64.1 Å². The lowest BCUT2D eigenvalue weighted by Gasteiger charge is -2.37. The third-order valence-electron chi connectivity index (χ3n) is 6.45. The fourth-order valence-corrected chi connectivity index (χ4v) is 5.10. The number of nitrogens with one attached hydrogen (secondary N) is 2. The van der Waals surface area contributed by atoms with E-state index >= 15 is 0 Å². The van der Waals surface area contributed by atoms with E-state index in [4.69, 9.17) is 9.47 Å². The van der Waals surface area contributed by atoms with Gasteiger partial charge in [0.25, 0.3) is 0 Å². The second-order valence-electron chi connectivity index (χ2n) is 9.77. The number of piperidine rings is 1. The molecule has 8 nitrogen and oxygen atoms in total. The number of amides is 2. The summed E-state index contributed by atoms with van der Waals surface area (Å²) < 4.78 is 10.6. The number of hydrogen-bond donors (Lipinski definition) is 2. The summed E-state index contributed by atoms with van der Waals surface area (Å²) in [5.74, 6) is -0.756. The number of esters is 1.